The van der Waals surface area contributed by atoms with Crippen LogP contribution in [0.5, 0.6) is 0 Å². The lowest BCUT2D eigenvalue weighted by Crippen LogP contribution is -2.23. The maximum atomic E-state index is 13.6. The molecule has 4 rings (SSSR count). The normalized spacial score (nSPS) is 22.2. The number of hydroxylamine groups is 1. The third-order valence-electron chi connectivity index (χ3n) is 4.56. The van der Waals surface area contributed by atoms with E-state index in [1.54, 1.807) is 6.07 Å². The summed E-state index contributed by atoms with van der Waals surface area (Å²) in [6, 6.07) is 4.91. The van der Waals surface area contributed by atoms with E-state index in [1.165, 1.54) is 36.0 Å². The van der Waals surface area contributed by atoms with Crippen LogP contribution in [-0.2, 0) is 6.42 Å². The Bertz CT molecular complexity index is 827. The summed E-state index contributed by atoms with van der Waals surface area (Å²) in [5, 5.41) is 18.0. The van der Waals surface area contributed by atoms with Crippen LogP contribution in [-0.4, -0.2) is 39.7 Å². The van der Waals surface area contributed by atoms with E-state index in [0.29, 0.717) is 16.8 Å². The maximum absolute atomic E-state index is 13.6. The number of aliphatic imine (C=N–C) groups is 1. The fourth-order valence-corrected chi connectivity index (χ4v) is 4.86. The van der Waals surface area contributed by atoms with E-state index in [-0.39, 0.29) is 17.7 Å². The minimum Gasteiger partial charge on any atom is -0.290 e. The summed E-state index contributed by atoms with van der Waals surface area (Å²) < 4.78 is 24.9. The van der Waals surface area contributed by atoms with Crippen molar-refractivity contribution in [2.24, 2.45) is 4.99 Å². The van der Waals surface area contributed by atoms with Crippen LogP contribution in [0, 0.1) is 5.82 Å². The molecule has 1 fully saturated rings. The lowest BCUT2D eigenvalue weighted by Gasteiger charge is -2.10. The van der Waals surface area contributed by atoms with Crippen molar-refractivity contribution < 1.29 is 14.2 Å². The molecule has 2 aliphatic rings. The largest absolute Gasteiger partial charge is 0.290 e. The van der Waals surface area contributed by atoms with Gasteiger partial charge in [-0.3, -0.25) is 15.7 Å². The Balaban J connectivity index is 1.48. The molecule has 1 aliphatic carbocycles. The Morgan fingerprint density at radius 1 is 1.48 bits per heavy atom. The van der Waals surface area contributed by atoms with Gasteiger partial charge in [0.2, 0.25) is 0 Å². The Morgan fingerprint density at radius 3 is 3.22 bits per heavy atom. The SMILES string of the molecule is ONC(=NC1CCc2ccc(F)cc21)c1nonc1SCC[C@H]1CNSN1. The Morgan fingerprint density at radius 2 is 2.41 bits per heavy atom. The fraction of sp³-hybridized carbons (Fsp3) is 0.438. The number of thioether (sulfide) groups is 1. The van der Waals surface area contributed by atoms with Crippen LogP contribution in [0.3, 0.4) is 0 Å². The van der Waals surface area contributed by atoms with Gasteiger partial charge in [0, 0.05) is 30.5 Å². The monoisotopic (exact) mass is 410 g/mol. The van der Waals surface area contributed by atoms with Gasteiger partial charge in [-0.05, 0) is 52.8 Å². The average Bonchev–Trinajstić information content (AvgIpc) is 3.41. The van der Waals surface area contributed by atoms with Crippen molar-refractivity contribution in [3.63, 3.8) is 0 Å². The van der Waals surface area contributed by atoms with E-state index >= 15 is 0 Å². The van der Waals surface area contributed by atoms with Crippen LogP contribution in [0.25, 0.3) is 0 Å². The lowest BCUT2D eigenvalue weighted by atomic mass is 10.1. The van der Waals surface area contributed by atoms with Gasteiger partial charge in [0.25, 0.3) is 0 Å². The molecule has 27 heavy (non-hydrogen) atoms. The predicted molar refractivity (Wildman–Crippen MR) is 101 cm³/mol. The minimum atomic E-state index is -0.290. The number of nitrogens with one attached hydrogen (secondary N) is 3. The molecular weight excluding hydrogens is 391 g/mol. The molecule has 1 aromatic heterocycles. The van der Waals surface area contributed by atoms with Gasteiger partial charge in [-0.1, -0.05) is 6.07 Å². The number of halogens is 1. The highest BCUT2D eigenvalue weighted by Crippen LogP contribution is 2.35. The summed E-state index contributed by atoms with van der Waals surface area (Å²) in [6.07, 6.45) is 2.52. The van der Waals surface area contributed by atoms with Crippen LogP contribution >= 0.6 is 23.9 Å². The van der Waals surface area contributed by atoms with Gasteiger partial charge < -0.3 is 0 Å². The van der Waals surface area contributed by atoms with Crippen LogP contribution < -0.4 is 14.9 Å². The Labute approximate surface area is 164 Å². The van der Waals surface area contributed by atoms with Crippen molar-refractivity contribution in [3.05, 3.63) is 40.8 Å². The van der Waals surface area contributed by atoms with Crippen LogP contribution in [0.4, 0.5) is 4.39 Å². The van der Waals surface area contributed by atoms with Gasteiger partial charge in [0.15, 0.2) is 16.6 Å². The van der Waals surface area contributed by atoms with Crippen molar-refractivity contribution in [1.82, 2.24) is 25.2 Å². The summed E-state index contributed by atoms with van der Waals surface area (Å²) >= 11 is 3.00. The molecule has 144 valence electrons. The fourth-order valence-electron chi connectivity index (χ4n) is 3.17. The Kier molecular flexibility index (Phi) is 5.93. The van der Waals surface area contributed by atoms with Gasteiger partial charge in [-0.15, -0.1) is 11.8 Å². The average molecular weight is 411 g/mol. The first-order valence-corrected chi connectivity index (χ1v) is 10.4. The zero-order chi connectivity index (χ0) is 18.6. The summed E-state index contributed by atoms with van der Waals surface area (Å²) in [5.74, 6) is 0.705. The number of hydrogen-bond acceptors (Lipinski definition) is 9. The van der Waals surface area contributed by atoms with Gasteiger partial charge in [0.1, 0.15) is 5.82 Å². The molecule has 1 aromatic carbocycles. The van der Waals surface area contributed by atoms with E-state index < -0.39 is 0 Å². The molecule has 8 nitrogen and oxygen atoms in total. The number of aromatic nitrogens is 2. The van der Waals surface area contributed by atoms with Crippen molar-refractivity contribution in [1.29, 1.82) is 0 Å². The molecule has 0 amide bonds. The van der Waals surface area contributed by atoms with E-state index in [9.17, 15) is 9.60 Å². The van der Waals surface area contributed by atoms with Crippen molar-refractivity contribution in [2.45, 2.75) is 36.4 Å². The number of nitrogens with zero attached hydrogens (tertiary/aromatic N) is 3. The highest BCUT2D eigenvalue weighted by atomic mass is 32.2. The molecule has 2 aromatic rings. The van der Waals surface area contributed by atoms with Crippen LogP contribution in [0.1, 0.15) is 35.7 Å². The van der Waals surface area contributed by atoms with Crippen molar-refractivity contribution >= 4 is 29.7 Å². The molecule has 1 unspecified atom stereocenters. The highest BCUT2D eigenvalue weighted by Gasteiger charge is 2.25. The van der Waals surface area contributed by atoms with Gasteiger partial charge >= 0.3 is 0 Å². The number of rotatable bonds is 6. The van der Waals surface area contributed by atoms with E-state index in [2.05, 4.69) is 30.2 Å². The molecule has 4 N–H and O–H groups in total. The first-order valence-electron chi connectivity index (χ1n) is 8.61. The molecule has 0 radical (unpaired) electrons. The second-order valence-corrected chi connectivity index (χ2v) is 8.12. The number of fused-ring (bicyclic) bond motifs is 1. The van der Waals surface area contributed by atoms with Crippen LogP contribution in [0.2, 0.25) is 0 Å². The molecule has 0 spiro atoms. The zero-order valence-electron chi connectivity index (χ0n) is 14.3. The maximum Gasteiger partial charge on any atom is 0.185 e. The molecule has 1 aliphatic heterocycles. The third kappa shape index (κ3) is 4.27. The van der Waals surface area contributed by atoms with E-state index in [0.717, 1.165) is 42.7 Å². The van der Waals surface area contributed by atoms with Gasteiger partial charge in [-0.25, -0.2) is 18.5 Å². The van der Waals surface area contributed by atoms with Crippen molar-refractivity contribution in [2.75, 3.05) is 12.3 Å². The highest BCUT2D eigenvalue weighted by molar-refractivity contribution is 7.99. The quantitative estimate of drug-likeness (QED) is 0.187. The molecule has 1 saturated heterocycles. The molecule has 2 heterocycles. The van der Waals surface area contributed by atoms with Crippen LogP contribution in [0.15, 0.2) is 32.8 Å². The Hall–Kier alpha value is -1.66. The van der Waals surface area contributed by atoms with Gasteiger partial charge in [-0.2, -0.15) is 0 Å². The first kappa shape index (κ1) is 18.7. The molecular formula is C16H19FN6O2S2. The molecule has 0 saturated carbocycles. The number of amidine groups is 1. The van der Waals surface area contributed by atoms with Gasteiger partial charge in [0.05, 0.1) is 6.04 Å². The molecule has 2 atom stereocenters. The van der Waals surface area contributed by atoms with E-state index in [4.69, 9.17) is 4.63 Å². The second kappa shape index (κ2) is 8.57. The molecule has 11 heteroatoms. The topological polar surface area (TPSA) is 108 Å². The smallest absolute Gasteiger partial charge is 0.185 e. The third-order valence-corrected chi connectivity index (χ3v) is 6.30. The van der Waals surface area contributed by atoms with Crippen molar-refractivity contribution in [3.8, 4) is 0 Å². The number of hydrogen-bond donors (Lipinski definition) is 4. The predicted octanol–water partition coefficient (Wildman–Crippen LogP) is 2.23. The second-order valence-electron chi connectivity index (χ2n) is 6.31. The summed E-state index contributed by atoms with van der Waals surface area (Å²) in [4.78, 5) is 4.55. The summed E-state index contributed by atoms with van der Waals surface area (Å²) in [5.41, 5.74) is 4.38. The number of benzene rings is 1. The van der Waals surface area contributed by atoms with E-state index in [1.807, 2.05) is 0 Å². The molecule has 0 bridgehead atoms. The minimum absolute atomic E-state index is 0.178. The summed E-state index contributed by atoms with van der Waals surface area (Å²) in [6.45, 7) is 0.914. The lowest BCUT2D eigenvalue weighted by molar-refractivity contribution is 0.233. The first-order chi connectivity index (χ1) is 13.2. The summed E-state index contributed by atoms with van der Waals surface area (Å²) in [7, 11) is 0. The standard InChI is InChI=1S/C16H19FN6O2S2/c17-10-3-1-9-2-4-13(12(9)7-10)19-15(20-24)14-16(22-25-21-14)26-6-5-11-8-18-27-23-11/h1,3,7,11,13,18,23-24H,2,4-6,8H2,(H,19,20)/t11-,13?/m0/s1. The number of aryl methyl sites for hydroxylation is 1. The zero-order valence-corrected chi connectivity index (χ0v) is 15.9.